The first kappa shape index (κ1) is 18.8. The van der Waals surface area contributed by atoms with E-state index in [4.69, 9.17) is 9.26 Å². The van der Waals surface area contributed by atoms with Gasteiger partial charge in [-0.05, 0) is 18.1 Å². The number of aryl methyl sites for hydroxylation is 1. The number of carbonyl (C=O) groups excluding carboxylic acids is 1. The van der Waals surface area contributed by atoms with Gasteiger partial charge in [-0.15, -0.1) is 0 Å². The Hall–Kier alpha value is -2.99. The molecule has 1 heterocycles. The lowest BCUT2D eigenvalue weighted by Gasteiger charge is -2.11. The Labute approximate surface area is 158 Å². The molecule has 0 saturated carbocycles. The van der Waals surface area contributed by atoms with Crippen LogP contribution in [0.1, 0.15) is 19.2 Å². The zero-order chi connectivity index (χ0) is 19.1. The van der Waals surface area contributed by atoms with Crippen LogP contribution in [-0.4, -0.2) is 35.8 Å². The van der Waals surface area contributed by atoms with Crippen molar-refractivity contribution in [2.75, 3.05) is 13.7 Å². The second kappa shape index (κ2) is 9.09. The van der Waals surface area contributed by atoms with E-state index < -0.39 is 0 Å². The number of hydrogen-bond acceptors (Lipinski definition) is 5. The van der Waals surface area contributed by atoms with Crippen LogP contribution in [0.2, 0.25) is 0 Å². The molecule has 3 aromatic rings. The van der Waals surface area contributed by atoms with Crippen molar-refractivity contribution >= 4 is 5.91 Å². The zero-order valence-electron chi connectivity index (χ0n) is 15.5. The lowest BCUT2D eigenvalue weighted by atomic mass is 10.0. The quantitative estimate of drug-likeness (QED) is 0.661. The summed E-state index contributed by atoms with van der Waals surface area (Å²) in [5, 5.41) is 6.88. The first-order chi connectivity index (χ1) is 13.2. The van der Waals surface area contributed by atoms with Crippen molar-refractivity contribution in [3.8, 4) is 22.5 Å². The minimum atomic E-state index is -0.0634. The Morgan fingerprint density at radius 2 is 1.74 bits per heavy atom. The van der Waals surface area contributed by atoms with Crippen molar-refractivity contribution in [1.82, 2.24) is 15.5 Å². The van der Waals surface area contributed by atoms with Gasteiger partial charge in [0.25, 0.3) is 0 Å². The lowest BCUT2D eigenvalue weighted by molar-refractivity contribution is -0.122. The summed E-state index contributed by atoms with van der Waals surface area (Å²) in [6.07, 6.45) is 0.698. The number of rotatable bonds is 8. The molecule has 0 spiro atoms. The molecule has 1 aromatic heterocycles. The van der Waals surface area contributed by atoms with E-state index in [2.05, 4.69) is 27.6 Å². The summed E-state index contributed by atoms with van der Waals surface area (Å²) < 4.78 is 10.3. The zero-order valence-corrected chi connectivity index (χ0v) is 15.5. The van der Waals surface area contributed by atoms with Crippen molar-refractivity contribution in [2.24, 2.45) is 0 Å². The van der Waals surface area contributed by atoms with Gasteiger partial charge < -0.3 is 14.6 Å². The van der Waals surface area contributed by atoms with E-state index in [9.17, 15) is 4.79 Å². The molecule has 0 aliphatic rings. The standard InChI is InChI=1S/C21H23N3O3/c1-15(14-26-2)22-19(25)12-13-20-23-21(24-27-20)18-10-8-17(9-11-18)16-6-4-3-5-7-16/h3-11,15H,12-14H2,1-2H3,(H,22,25)/t15-/m1/s1. The smallest absolute Gasteiger partial charge is 0.227 e. The SMILES string of the molecule is COC[C@@H](C)NC(=O)CCc1nc(-c2ccc(-c3ccccc3)cc2)no1. The summed E-state index contributed by atoms with van der Waals surface area (Å²) in [6, 6.07) is 18.1. The van der Waals surface area contributed by atoms with E-state index in [1.165, 1.54) is 0 Å². The van der Waals surface area contributed by atoms with Gasteiger partial charge in [0.05, 0.1) is 6.61 Å². The number of methoxy groups -OCH3 is 1. The van der Waals surface area contributed by atoms with E-state index >= 15 is 0 Å². The van der Waals surface area contributed by atoms with Crippen LogP contribution in [0.5, 0.6) is 0 Å². The van der Waals surface area contributed by atoms with Gasteiger partial charge in [0.15, 0.2) is 0 Å². The van der Waals surface area contributed by atoms with E-state index in [0.717, 1.165) is 16.7 Å². The second-order valence-corrected chi connectivity index (χ2v) is 6.38. The maximum atomic E-state index is 11.9. The van der Waals surface area contributed by atoms with E-state index in [1.54, 1.807) is 7.11 Å². The summed E-state index contributed by atoms with van der Waals surface area (Å²) in [5.41, 5.74) is 3.17. The number of carbonyl (C=O) groups is 1. The van der Waals surface area contributed by atoms with E-state index in [-0.39, 0.29) is 11.9 Å². The molecule has 1 amide bonds. The molecule has 0 bridgehead atoms. The Bertz CT molecular complexity index is 860. The molecule has 0 aliphatic carbocycles. The number of hydrogen-bond donors (Lipinski definition) is 1. The number of amides is 1. The third-order valence-corrected chi connectivity index (χ3v) is 4.11. The molecule has 1 N–H and O–H groups in total. The monoisotopic (exact) mass is 365 g/mol. The normalized spacial score (nSPS) is 11.9. The second-order valence-electron chi connectivity index (χ2n) is 6.38. The van der Waals surface area contributed by atoms with Crippen molar-refractivity contribution in [3.63, 3.8) is 0 Å². The van der Waals surface area contributed by atoms with Gasteiger partial charge in [-0.3, -0.25) is 4.79 Å². The average molecular weight is 365 g/mol. The first-order valence-corrected chi connectivity index (χ1v) is 8.92. The number of benzene rings is 2. The molecular weight excluding hydrogens is 342 g/mol. The van der Waals surface area contributed by atoms with E-state index in [0.29, 0.717) is 31.2 Å². The topological polar surface area (TPSA) is 77.2 Å². The Morgan fingerprint density at radius 1 is 1.07 bits per heavy atom. The van der Waals surface area contributed by atoms with Crippen LogP contribution in [0.25, 0.3) is 22.5 Å². The fourth-order valence-corrected chi connectivity index (χ4v) is 2.78. The third kappa shape index (κ3) is 5.24. The van der Waals surface area contributed by atoms with Crippen LogP contribution >= 0.6 is 0 Å². The fraction of sp³-hybridized carbons (Fsp3) is 0.286. The Morgan fingerprint density at radius 3 is 2.44 bits per heavy atom. The van der Waals surface area contributed by atoms with Crippen molar-refractivity contribution in [3.05, 3.63) is 60.5 Å². The van der Waals surface area contributed by atoms with Crippen LogP contribution in [-0.2, 0) is 16.0 Å². The van der Waals surface area contributed by atoms with Gasteiger partial charge in [-0.25, -0.2) is 0 Å². The number of aromatic nitrogens is 2. The molecule has 1 atom stereocenters. The minimum absolute atomic E-state index is 0.0242. The number of nitrogens with zero attached hydrogens (tertiary/aromatic N) is 2. The van der Waals surface area contributed by atoms with Crippen molar-refractivity contribution in [2.45, 2.75) is 25.8 Å². The van der Waals surface area contributed by atoms with Gasteiger partial charge in [0.2, 0.25) is 17.6 Å². The predicted molar refractivity (Wildman–Crippen MR) is 103 cm³/mol. The summed E-state index contributed by atoms with van der Waals surface area (Å²) in [5.74, 6) is 0.913. The first-order valence-electron chi connectivity index (χ1n) is 8.92. The van der Waals surface area contributed by atoms with Crippen LogP contribution < -0.4 is 5.32 Å². The van der Waals surface area contributed by atoms with E-state index in [1.807, 2.05) is 49.4 Å². The van der Waals surface area contributed by atoms with Crippen LogP contribution in [0, 0.1) is 0 Å². The van der Waals surface area contributed by atoms with Crippen LogP contribution in [0.15, 0.2) is 59.1 Å². The molecule has 0 unspecified atom stereocenters. The summed E-state index contributed by atoms with van der Waals surface area (Å²) in [4.78, 5) is 16.3. The molecule has 27 heavy (non-hydrogen) atoms. The van der Waals surface area contributed by atoms with Crippen LogP contribution in [0.4, 0.5) is 0 Å². The highest BCUT2D eigenvalue weighted by atomic mass is 16.5. The molecule has 0 fully saturated rings. The molecule has 0 saturated heterocycles. The Kier molecular flexibility index (Phi) is 6.33. The summed E-state index contributed by atoms with van der Waals surface area (Å²) >= 11 is 0. The van der Waals surface area contributed by atoms with Crippen LogP contribution in [0.3, 0.4) is 0 Å². The molecule has 6 heteroatoms. The molecule has 140 valence electrons. The highest BCUT2D eigenvalue weighted by molar-refractivity contribution is 5.76. The largest absolute Gasteiger partial charge is 0.383 e. The van der Waals surface area contributed by atoms with Gasteiger partial charge in [-0.1, -0.05) is 59.8 Å². The molecule has 2 aromatic carbocycles. The highest BCUT2D eigenvalue weighted by Gasteiger charge is 2.12. The molecule has 3 rings (SSSR count). The van der Waals surface area contributed by atoms with Gasteiger partial charge in [-0.2, -0.15) is 4.98 Å². The average Bonchev–Trinajstić information content (AvgIpc) is 3.16. The molecule has 0 aliphatic heterocycles. The highest BCUT2D eigenvalue weighted by Crippen LogP contribution is 2.23. The maximum absolute atomic E-state index is 11.9. The molecule has 0 radical (unpaired) electrons. The lowest BCUT2D eigenvalue weighted by Crippen LogP contribution is -2.35. The third-order valence-electron chi connectivity index (χ3n) is 4.11. The maximum Gasteiger partial charge on any atom is 0.227 e. The Balaban J connectivity index is 1.58. The molecular formula is C21H23N3O3. The van der Waals surface area contributed by atoms with Gasteiger partial charge in [0, 0.05) is 31.6 Å². The predicted octanol–water partition coefficient (Wildman–Crippen LogP) is 3.49. The number of ether oxygens (including phenoxy) is 1. The summed E-state index contributed by atoms with van der Waals surface area (Å²) in [7, 11) is 1.61. The fourth-order valence-electron chi connectivity index (χ4n) is 2.78. The summed E-state index contributed by atoms with van der Waals surface area (Å²) in [6.45, 7) is 2.38. The minimum Gasteiger partial charge on any atom is -0.383 e. The van der Waals surface area contributed by atoms with Gasteiger partial charge in [0.1, 0.15) is 0 Å². The van der Waals surface area contributed by atoms with Gasteiger partial charge >= 0.3 is 0 Å². The van der Waals surface area contributed by atoms with Crippen molar-refractivity contribution in [1.29, 1.82) is 0 Å². The van der Waals surface area contributed by atoms with Crippen molar-refractivity contribution < 1.29 is 14.1 Å². The number of nitrogens with one attached hydrogen (secondary N) is 1. The molecule has 6 nitrogen and oxygen atoms in total.